The molecule has 1 aliphatic rings. The fraction of sp³-hybridized carbons (Fsp3) is 0.400. The molecule has 1 fully saturated rings. The Kier molecular flexibility index (Phi) is 6.23. The van der Waals surface area contributed by atoms with Crippen LogP contribution in [0.4, 0.5) is 0 Å². The Hall–Kier alpha value is -2.14. The summed E-state index contributed by atoms with van der Waals surface area (Å²) in [6.45, 7) is 1.47. The number of carbonyl (C=O) groups is 2. The van der Waals surface area contributed by atoms with Crippen LogP contribution in [0.5, 0.6) is 0 Å². The molecule has 2 aromatic rings. The Bertz CT molecular complexity index is 677. The molecule has 0 aliphatic carbocycles. The predicted octanol–water partition coefficient (Wildman–Crippen LogP) is 3.03. The van der Waals surface area contributed by atoms with Crippen LogP contribution in [0.15, 0.2) is 47.8 Å². The lowest BCUT2D eigenvalue weighted by atomic mass is 10.0. The van der Waals surface area contributed by atoms with Gasteiger partial charge in [0.25, 0.3) is 0 Å². The van der Waals surface area contributed by atoms with E-state index in [1.807, 2.05) is 40.6 Å². The fourth-order valence-corrected chi connectivity index (χ4v) is 3.88. The average Bonchev–Trinajstić information content (AvgIpc) is 3.14. The van der Waals surface area contributed by atoms with Crippen molar-refractivity contribution in [2.45, 2.75) is 38.1 Å². The maximum Gasteiger partial charge on any atom is 0.225 e. The Morgan fingerprint density at radius 2 is 1.84 bits per heavy atom. The summed E-state index contributed by atoms with van der Waals surface area (Å²) in [4.78, 5) is 27.4. The van der Waals surface area contributed by atoms with Gasteiger partial charge in [-0.25, -0.2) is 0 Å². The van der Waals surface area contributed by atoms with Crippen molar-refractivity contribution >= 4 is 23.2 Å². The van der Waals surface area contributed by atoms with Crippen molar-refractivity contribution in [3.63, 3.8) is 0 Å². The standard InChI is InChI=1S/C20H24N2O2S/c23-19(15-18-7-4-14-25-18)21-17-10-12-22(13-11-17)20(24)9-8-16-5-2-1-3-6-16/h1-7,14,17H,8-13,15H2,(H,21,23). The van der Waals surface area contributed by atoms with Gasteiger partial charge in [-0.1, -0.05) is 36.4 Å². The van der Waals surface area contributed by atoms with E-state index in [2.05, 4.69) is 17.4 Å². The van der Waals surface area contributed by atoms with Crippen LogP contribution in [0.3, 0.4) is 0 Å². The summed E-state index contributed by atoms with van der Waals surface area (Å²) in [6, 6.07) is 14.2. The number of amides is 2. The number of thiophene rings is 1. The molecule has 0 atom stereocenters. The first-order valence-corrected chi connectivity index (χ1v) is 9.72. The Balaban J connectivity index is 1.37. The van der Waals surface area contributed by atoms with Crippen LogP contribution in [-0.4, -0.2) is 35.8 Å². The number of hydrogen-bond donors (Lipinski definition) is 1. The number of piperidine rings is 1. The van der Waals surface area contributed by atoms with Gasteiger partial charge in [0, 0.05) is 30.4 Å². The summed E-state index contributed by atoms with van der Waals surface area (Å²) in [7, 11) is 0. The van der Waals surface area contributed by atoms with Crippen molar-refractivity contribution < 1.29 is 9.59 Å². The molecule has 3 rings (SSSR count). The number of nitrogens with one attached hydrogen (secondary N) is 1. The monoisotopic (exact) mass is 356 g/mol. The van der Waals surface area contributed by atoms with E-state index in [-0.39, 0.29) is 17.9 Å². The molecule has 0 unspecified atom stereocenters. The zero-order chi connectivity index (χ0) is 17.5. The molecule has 2 amide bonds. The molecular weight excluding hydrogens is 332 g/mol. The van der Waals surface area contributed by atoms with Crippen LogP contribution in [0.2, 0.25) is 0 Å². The Morgan fingerprint density at radius 1 is 1.08 bits per heavy atom. The van der Waals surface area contributed by atoms with E-state index >= 15 is 0 Å². The van der Waals surface area contributed by atoms with Crippen LogP contribution in [-0.2, 0) is 22.4 Å². The normalized spacial score (nSPS) is 15.1. The molecule has 1 aromatic carbocycles. The van der Waals surface area contributed by atoms with E-state index in [0.717, 1.165) is 37.2 Å². The molecule has 0 radical (unpaired) electrons. The number of benzene rings is 1. The van der Waals surface area contributed by atoms with Crippen LogP contribution in [0.25, 0.3) is 0 Å². The Morgan fingerprint density at radius 3 is 2.52 bits per heavy atom. The van der Waals surface area contributed by atoms with E-state index < -0.39 is 0 Å². The van der Waals surface area contributed by atoms with E-state index in [4.69, 9.17) is 0 Å². The number of hydrogen-bond acceptors (Lipinski definition) is 3. The SMILES string of the molecule is O=C(Cc1cccs1)NC1CCN(C(=O)CCc2ccccc2)CC1. The van der Waals surface area contributed by atoms with Crippen LogP contribution < -0.4 is 5.32 Å². The molecule has 0 saturated carbocycles. The molecule has 5 heteroatoms. The summed E-state index contributed by atoms with van der Waals surface area (Å²) in [5.41, 5.74) is 1.20. The highest BCUT2D eigenvalue weighted by Crippen LogP contribution is 2.14. The minimum Gasteiger partial charge on any atom is -0.353 e. The molecule has 2 heterocycles. The van der Waals surface area contributed by atoms with Crippen molar-refractivity contribution in [1.82, 2.24) is 10.2 Å². The summed E-state index contributed by atoms with van der Waals surface area (Å²) in [6.07, 6.45) is 3.48. The molecule has 132 valence electrons. The van der Waals surface area contributed by atoms with Crippen molar-refractivity contribution in [2.75, 3.05) is 13.1 Å². The van der Waals surface area contributed by atoms with Gasteiger partial charge >= 0.3 is 0 Å². The summed E-state index contributed by atoms with van der Waals surface area (Å²) < 4.78 is 0. The first-order valence-electron chi connectivity index (χ1n) is 8.84. The lowest BCUT2D eigenvalue weighted by molar-refractivity contribution is -0.132. The van der Waals surface area contributed by atoms with E-state index in [0.29, 0.717) is 12.8 Å². The highest BCUT2D eigenvalue weighted by atomic mass is 32.1. The van der Waals surface area contributed by atoms with Gasteiger partial charge < -0.3 is 10.2 Å². The molecule has 0 spiro atoms. The van der Waals surface area contributed by atoms with Crippen LogP contribution in [0, 0.1) is 0 Å². The highest BCUT2D eigenvalue weighted by Gasteiger charge is 2.23. The minimum atomic E-state index is 0.0799. The average molecular weight is 356 g/mol. The van der Waals surface area contributed by atoms with E-state index in [1.54, 1.807) is 11.3 Å². The second kappa shape index (κ2) is 8.81. The third-order valence-corrected chi connectivity index (χ3v) is 5.47. The minimum absolute atomic E-state index is 0.0799. The van der Waals surface area contributed by atoms with Gasteiger partial charge in [-0.3, -0.25) is 9.59 Å². The second-order valence-electron chi connectivity index (χ2n) is 6.46. The van der Waals surface area contributed by atoms with Crippen molar-refractivity contribution in [1.29, 1.82) is 0 Å². The third kappa shape index (κ3) is 5.43. The van der Waals surface area contributed by atoms with Gasteiger partial charge in [0.15, 0.2) is 0 Å². The van der Waals surface area contributed by atoms with Gasteiger partial charge in [-0.15, -0.1) is 11.3 Å². The molecule has 1 aromatic heterocycles. The zero-order valence-electron chi connectivity index (χ0n) is 14.3. The molecule has 0 bridgehead atoms. The van der Waals surface area contributed by atoms with E-state index in [9.17, 15) is 9.59 Å². The van der Waals surface area contributed by atoms with Gasteiger partial charge in [0.2, 0.25) is 11.8 Å². The number of nitrogens with zero attached hydrogens (tertiary/aromatic N) is 1. The maximum atomic E-state index is 12.4. The molecule has 1 N–H and O–H groups in total. The van der Waals surface area contributed by atoms with Gasteiger partial charge in [0.1, 0.15) is 0 Å². The third-order valence-electron chi connectivity index (χ3n) is 4.60. The summed E-state index contributed by atoms with van der Waals surface area (Å²) in [5.74, 6) is 0.295. The smallest absolute Gasteiger partial charge is 0.225 e. The van der Waals surface area contributed by atoms with Crippen molar-refractivity contribution in [3.8, 4) is 0 Å². The molecule has 1 aliphatic heterocycles. The molecule has 1 saturated heterocycles. The zero-order valence-corrected chi connectivity index (χ0v) is 15.1. The second-order valence-corrected chi connectivity index (χ2v) is 7.50. The fourth-order valence-electron chi connectivity index (χ4n) is 3.18. The quantitative estimate of drug-likeness (QED) is 0.865. The van der Waals surface area contributed by atoms with Gasteiger partial charge in [-0.2, -0.15) is 0 Å². The Labute approximate surface area is 152 Å². The molecule has 4 nitrogen and oxygen atoms in total. The van der Waals surface area contributed by atoms with Crippen LogP contribution in [0.1, 0.15) is 29.7 Å². The largest absolute Gasteiger partial charge is 0.353 e. The molecule has 25 heavy (non-hydrogen) atoms. The summed E-state index contributed by atoms with van der Waals surface area (Å²) in [5, 5.41) is 5.09. The van der Waals surface area contributed by atoms with Gasteiger partial charge in [0.05, 0.1) is 6.42 Å². The summed E-state index contributed by atoms with van der Waals surface area (Å²) >= 11 is 1.61. The van der Waals surface area contributed by atoms with Crippen LogP contribution >= 0.6 is 11.3 Å². The molecular formula is C20H24N2O2S. The number of aryl methyl sites for hydroxylation is 1. The number of rotatable bonds is 6. The first kappa shape index (κ1) is 17.7. The number of likely N-dealkylation sites (tertiary alicyclic amines) is 1. The predicted molar refractivity (Wildman–Crippen MR) is 101 cm³/mol. The highest BCUT2D eigenvalue weighted by molar-refractivity contribution is 7.10. The maximum absolute atomic E-state index is 12.4. The lowest BCUT2D eigenvalue weighted by Gasteiger charge is -2.32. The van der Waals surface area contributed by atoms with Gasteiger partial charge in [-0.05, 0) is 36.3 Å². The first-order chi connectivity index (χ1) is 12.2. The van der Waals surface area contributed by atoms with E-state index in [1.165, 1.54) is 5.56 Å². The topological polar surface area (TPSA) is 49.4 Å². The van der Waals surface area contributed by atoms with Crippen molar-refractivity contribution in [2.24, 2.45) is 0 Å². The van der Waals surface area contributed by atoms with Crippen molar-refractivity contribution in [3.05, 3.63) is 58.3 Å². The lowest BCUT2D eigenvalue weighted by Crippen LogP contribution is -2.46. The number of carbonyl (C=O) groups excluding carboxylic acids is 2.